The van der Waals surface area contributed by atoms with E-state index >= 15 is 0 Å². The van der Waals surface area contributed by atoms with Gasteiger partial charge >= 0.3 is 18.3 Å². The van der Waals surface area contributed by atoms with Gasteiger partial charge in [-0.15, -0.1) is 0 Å². The molecule has 5 unspecified atom stereocenters. The molecule has 3 saturated carbocycles. The maximum Gasteiger partial charge on any atom is 0.412 e. The van der Waals surface area contributed by atoms with E-state index in [1.807, 2.05) is 0 Å². The largest absolute Gasteiger partial charge is 0.443 e. The molecule has 22 heteroatoms. The van der Waals surface area contributed by atoms with Crippen LogP contribution in [0.2, 0.25) is 0 Å². The number of amides is 3. The first kappa shape index (κ1) is 63.5. The monoisotopic (exact) mass is 1190 g/mol. The lowest BCUT2D eigenvalue weighted by molar-refractivity contribution is -0.133. The second-order valence-corrected chi connectivity index (χ2v) is 27.8. The fourth-order valence-corrected chi connectivity index (χ4v) is 15.3. The molecule has 0 aromatic rings. The number of nitrogens with zero attached hydrogens (tertiary/aromatic N) is 3. The molecule has 12 rings (SSSR count). The summed E-state index contributed by atoms with van der Waals surface area (Å²) in [5, 5.41) is 39.0. The molecule has 4 N–H and O–H groups in total. The normalized spacial score (nSPS) is 44.2. The van der Waals surface area contributed by atoms with Crippen LogP contribution in [0.15, 0.2) is 34.9 Å². The minimum Gasteiger partial charge on any atom is -0.443 e. The number of likely N-dealkylation sites (tertiary alicyclic amines) is 3. The summed E-state index contributed by atoms with van der Waals surface area (Å²) in [7, 11) is 4.97. The van der Waals surface area contributed by atoms with Crippen LogP contribution in [0.5, 0.6) is 0 Å². The summed E-state index contributed by atoms with van der Waals surface area (Å²) in [5.74, 6) is 0.00177. The molecule has 3 spiro atoms. The van der Waals surface area contributed by atoms with Gasteiger partial charge in [-0.05, 0) is 133 Å². The Bertz CT molecular complexity index is 2490. The third-order valence-corrected chi connectivity index (χ3v) is 20.5. The first-order chi connectivity index (χ1) is 39.6. The summed E-state index contributed by atoms with van der Waals surface area (Å²) in [6.07, 6.45) is 8.37. The minimum absolute atomic E-state index is 0.0200. The Morgan fingerprint density at radius 1 is 0.524 bits per heavy atom. The van der Waals surface area contributed by atoms with E-state index in [0.29, 0.717) is 71.7 Å². The van der Waals surface area contributed by atoms with Crippen LogP contribution in [0, 0.1) is 17.8 Å². The van der Waals surface area contributed by atoms with Gasteiger partial charge < -0.3 is 87.1 Å². The van der Waals surface area contributed by atoms with E-state index in [4.69, 9.17) is 56.8 Å². The molecule has 0 aromatic heterocycles. The maximum atomic E-state index is 12.6. The van der Waals surface area contributed by atoms with Crippen molar-refractivity contribution in [3.8, 4) is 0 Å². The third kappa shape index (κ3) is 12.7. The topological polar surface area (TPSA) is 272 Å². The fraction of sp³-hybridized carbons (Fsp3) is 0.855. The maximum absolute atomic E-state index is 12.6. The van der Waals surface area contributed by atoms with Crippen molar-refractivity contribution in [1.29, 1.82) is 0 Å². The number of methoxy groups -OCH3 is 3. The summed E-state index contributed by atoms with van der Waals surface area (Å²) in [4.78, 5) is 41.7. The molecular formula is C62H97N3O19. The number of hydrogen-bond donors (Lipinski definition) is 4. The molecule has 0 aromatic carbocycles. The molecule has 12 aliphatic rings. The molecule has 0 bridgehead atoms. The van der Waals surface area contributed by atoms with Crippen molar-refractivity contribution < 1.29 is 91.7 Å². The highest BCUT2D eigenvalue weighted by molar-refractivity contribution is 5.70. The van der Waals surface area contributed by atoms with Gasteiger partial charge in [-0.1, -0.05) is 34.9 Å². The van der Waals surface area contributed by atoms with Gasteiger partial charge in [0.25, 0.3) is 0 Å². The predicted molar refractivity (Wildman–Crippen MR) is 303 cm³/mol. The number of carbonyl (C=O) groups excluding carboxylic acids is 3. The predicted octanol–water partition coefficient (Wildman–Crippen LogP) is 5.73. The molecule has 9 heterocycles. The minimum atomic E-state index is -1.22. The number of aliphatic hydroxyl groups excluding tert-OH is 3. The zero-order valence-corrected chi connectivity index (χ0v) is 51.9. The summed E-state index contributed by atoms with van der Waals surface area (Å²) in [6, 6.07) is 0. The Morgan fingerprint density at radius 2 is 0.857 bits per heavy atom. The standard InChI is InChI=1S/C21H33NO7.C21H33NO6.C20H31NO6/c1-12(2)5-6-15-20(3,29-15)17-16(26-4)14(7-9-21(17)11-27-21)28-19(25)22-10-8-13(23)18(22)24;1-13(2)6-7-15-20(4,28-15)17-16(25-5)14(8-9-21(17)12-26-21)27-18(23)22-10-19(3,24)11-22;1-12(2)5-6-15-19(3,27-15)17-16(24-4)14(7-8-20(17)11-25-20)26-18(23)21-9-13(22)10-21/h5,13-18,23-24H,6-11H2,1-4H3;6,14-17,24H,7-12H2,1-5H3;5,13-17,22H,6-11H2,1-4H3/t13?,14-,15-,16-,17-,18?,20+,21?;14-,15-,16-,17-,20+,21?;14-,15-,16-,17-,19+,20?/m111/s1. The molecule has 12 fully saturated rings. The average Bonchev–Trinajstić information content (AvgIpc) is 1.57. The first-order valence-electron chi connectivity index (χ1n) is 30.7. The van der Waals surface area contributed by atoms with Gasteiger partial charge in [0.1, 0.15) is 76.3 Å². The molecule has 9 saturated heterocycles. The second-order valence-electron chi connectivity index (χ2n) is 27.8. The number of ether oxygens (including phenoxy) is 12. The number of β-amino-alcohol motifs (C(OH)–C–C–N with tert-alkyl or cyclic N) is 2. The second kappa shape index (κ2) is 23.8. The number of epoxide rings is 6. The van der Waals surface area contributed by atoms with Crippen molar-refractivity contribution in [2.24, 2.45) is 17.8 Å². The van der Waals surface area contributed by atoms with Crippen LogP contribution in [-0.4, -0.2) is 240 Å². The van der Waals surface area contributed by atoms with Crippen LogP contribution >= 0.6 is 0 Å². The van der Waals surface area contributed by atoms with Gasteiger partial charge in [0.2, 0.25) is 0 Å². The van der Waals surface area contributed by atoms with Crippen molar-refractivity contribution in [3.05, 3.63) is 34.9 Å². The van der Waals surface area contributed by atoms with E-state index in [2.05, 4.69) is 80.5 Å². The van der Waals surface area contributed by atoms with E-state index in [1.54, 1.807) is 28.3 Å². The number of carbonyl (C=O) groups is 3. The summed E-state index contributed by atoms with van der Waals surface area (Å²) in [6.45, 7) is 24.2. The molecule has 0 radical (unpaired) electrons. The van der Waals surface area contributed by atoms with Gasteiger partial charge in [-0.25, -0.2) is 14.4 Å². The molecule has 84 heavy (non-hydrogen) atoms. The molecule has 3 aliphatic carbocycles. The zero-order chi connectivity index (χ0) is 60.7. The van der Waals surface area contributed by atoms with Crippen molar-refractivity contribution in [1.82, 2.24) is 14.7 Å². The highest BCUT2D eigenvalue weighted by Gasteiger charge is 2.75. The lowest BCUT2D eigenvalue weighted by Gasteiger charge is -2.46. The molecule has 474 valence electrons. The van der Waals surface area contributed by atoms with Gasteiger partial charge in [-0.2, -0.15) is 0 Å². The highest BCUT2D eigenvalue weighted by atomic mass is 16.7. The van der Waals surface area contributed by atoms with E-state index < -0.39 is 41.8 Å². The van der Waals surface area contributed by atoms with Crippen LogP contribution in [-0.2, 0) is 56.8 Å². The van der Waals surface area contributed by atoms with Crippen LogP contribution in [0.25, 0.3) is 0 Å². The Kier molecular flexibility index (Phi) is 18.0. The van der Waals surface area contributed by atoms with Crippen molar-refractivity contribution in [3.63, 3.8) is 0 Å². The van der Waals surface area contributed by atoms with E-state index in [-0.39, 0.29) is 113 Å². The number of hydrogen-bond acceptors (Lipinski definition) is 19. The highest BCUT2D eigenvalue weighted by Crippen LogP contribution is 2.62. The fourth-order valence-electron chi connectivity index (χ4n) is 15.3. The van der Waals surface area contributed by atoms with E-state index in [9.17, 15) is 34.8 Å². The number of aliphatic hydroxyl groups is 4. The van der Waals surface area contributed by atoms with Crippen molar-refractivity contribution >= 4 is 18.3 Å². The third-order valence-electron chi connectivity index (χ3n) is 20.5. The Labute approximate surface area is 495 Å². The zero-order valence-electron chi connectivity index (χ0n) is 51.9. The summed E-state index contributed by atoms with van der Waals surface area (Å²) < 4.78 is 71.2. The summed E-state index contributed by atoms with van der Waals surface area (Å²) >= 11 is 0. The molecule has 3 amide bonds. The molecule has 22 nitrogen and oxygen atoms in total. The lowest BCUT2D eigenvalue weighted by atomic mass is 9.68. The van der Waals surface area contributed by atoms with E-state index in [1.165, 1.54) is 31.4 Å². The number of allylic oxidation sites excluding steroid dienone is 3. The first-order valence-corrected chi connectivity index (χ1v) is 30.7. The van der Waals surface area contributed by atoms with Crippen molar-refractivity contribution in [2.45, 2.75) is 246 Å². The van der Waals surface area contributed by atoms with Crippen molar-refractivity contribution in [2.75, 3.05) is 73.9 Å². The van der Waals surface area contributed by atoms with Crippen LogP contribution < -0.4 is 0 Å². The smallest absolute Gasteiger partial charge is 0.412 e. The van der Waals surface area contributed by atoms with Crippen LogP contribution in [0.3, 0.4) is 0 Å². The molecule has 9 aliphatic heterocycles. The summed E-state index contributed by atoms with van der Waals surface area (Å²) in [5.41, 5.74) is 1.22. The van der Waals surface area contributed by atoms with Crippen LogP contribution in [0.4, 0.5) is 14.4 Å². The average molecular weight is 1190 g/mol. The quantitative estimate of drug-likeness (QED) is 0.0866. The van der Waals surface area contributed by atoms with Gasteiger partial charge in [-0.3, -0.25) is 4.90 Å². The molecule has 20 atom stereocenters. The van der Waals surface area contributed by atoms with Crippen LogP contribution in [0.1, 0.15) is 133 Å². The Hall–Kier alpha value is -3.49. The van der Waals surface area contributed by atoms with Gasteiger partial charge in [0.05, 0.1) is 93.8 Å². The van der Waals surface area contributed by atoms with E-state index in [0.717, 1.165) is 38.5 Å². The SMILES string of the molecule is CO[C@@H]1[C@H](OC(=O)N2CC(C)(O)C2)CCC2(CO2)[C@H]1[C@@]1(C)O[C@@H]1CC=C(C)C.CO[C@@H]1[C@H](OC(=O)N2CC(O)C2)CCC2(CO2)[C@H]1[C@@]1(C)O[C@@H]1CC=C(C)C.CO[C@@H]1[C@H](OC(=O)N2CCC(O)C2O)CCC2(CO2)[C@H]1[C@@]1(C)O[C@@H]1CC=C(C)C. The Balaban J connectivity index is 0.000000140. The lowest BCUT2D eigenvalue weighted by Crippen LogP contribution is -2.63. The number of rotatable bonds is 15. The Morgan fingerprint density at radius 3 is 1.13 bits per heavy atom. The molecular weight excluding hydrogens is 1090 g/mol. The van der Waals surface area contributed by atoms with Gasteiger partial charge in [0.15, 0.2) is 6.23 Å². The van der Waals surface area contributed by atoms with Gasteiger partial charge in [0, 0.05) is 27.9 Å².